The molecule has 3 aliphatic rings. The summed E-state index contributed by atoms with van der Waals surface area (Å²) in [5.41, 5.74) is 6.06. The number of imide groups is 1. The number of aliphatic hydroxyl groups is 2. The quantitative estimate of drug-likeness (QED) is 0.158. The fourth-order valence-corrected chi connectivity index (χ4v) is 7.70. The highest BCUT2D eigenvalue weighted by atomic mass is 16.7. The maximum absolute atomic E-state index is 13.3. The van der Waals surface area contributed by atoms with Gasteiger partial charge in [0.2, 0.25) is 5.91 Å². The average molecular weight is 734 g/mol. The van der Waals surface area contributed by atoms with Gasteiger partial charge in [-0.05, 0) is 52.8 Å². The second-order valence-corrected chi connectivity index (χ2v) is 14.4. The predicted molar refractivity (Wildman–Crippen MR) is 200 cm³/mol. The number of likely N-dealkylation sites (tertiary alicyclic amines) is 2. The third kappa shape index (κ3) is 8.41. The van der Waals surface area contributed by atoms with Crippen LogP contribution in [-0.2, 0) is 43.6 Å². The molecule has 0 bridgehead atoms. The highest BCUT2D eigenvalue weighted by molar-refractivity contribution is 6.06. The molecule has 3 amide bonds. The summed E-state index contributed by atoms with van der Waals surface area (Å²) >= 11 is 0. The summed E-state index contributed by atoms with van der Waals surface area (Å²) < 4.78 is 18.6. The lowest BCUT2D eigenvalue weighted by Gasteiger charge is -2.43. The van der Waals surface area contributed by atoms with Gasteiger partial charge in [-0.1, -0.05) is 110 Å². The molecule has 0 radical (unpaired) electrons. The van der Waals surface area contributed by atoms with Gasteiger partial charge in [-0.3, -0.25) is 19.4 Å². The van der Waals surface area contributed by atoms with Crippen LogP contribution in [0.25, 0.3) is 11.1 Å². The van der Waals surface area contributed by atoms with Gasteiger partial charge in [-0.15, -0.1) is 0 Å². The molecule has 3 saturated heterocycles. The number of hydrogen-bond donors (Lipinski definition) is 3. The second-order valence-electron chi connectivity index (χ2n) is 14.4. The molecule has 3 fully saturated rings. The van der Waals surface area contributed by atoms with Crippen LogP contribution in [0, 0.1) is 5.92 Å². The van der Waals surface area contributed by atoms with Crippen LogP contribution in [0.2, 0.25) is 0 Å². The number of ether oxygens (including phenoxy) is 3. The number of carbonyl (C=O) groups excluding carboxylic acids is 3. The van der Waals surface area contributed by atoms with Crippen LogP contribution in [0.4, 0.5) is 4.79 Å². The van der Waals surface area contributed by atoms with Crippen molar-refractivity contribution in [1.82, 2.24) is 15.1 Å². The molecule has 7 rings (SSSR count). The van der Waals surface area contributed by atoms with E-state index in [2.05, 4.69) is 17.1 Å². The Morgan fingerprint density at radius 3 is 2.33 bits per heavy atom. The summed E-state index contributed by atoms with van der Waals surface area (Å²) in [5, 5.41) is 22.2. The molecular formula is C43H47N3O8. The topological polar surface area (TPSA) is 138 Å². The zero-order valence-corrected chi connectivity index (χ0v) is 30.4. The molecule has 3 aliphatic heterocycles. The van der Waals surface area contributed by atoms with Crippen molar-refractivity contribution in [2.45, 2.75) is 76.5 Å². The molecule has 3 N–H and O–H groups in total. The van der Waals surface area contributed by atoms with E-state index in [-0.39, 0.29) is 62.9 Å². The van der Waals surface area contributed by atoms with Gasteiger partial charge in [0.1, 0.15) is 12.6 Å². The van der Waals surface area contributed by atoms with Crippen LogP contribution in [0.1, 0.15) is 66.4 Å². The van der Waals surface area contributed by atoms with Gasteiger partial charge in [-0.25, -0.2) is 4.79 Å². The third-order valence-corrected chi connectivity index (χ3v) is 10.8. The summed E-state index contributed by atoms with van der Waals surface area (Å²) in [4.78, 5) is 42.4. The first-order valence-electron chi connectivity index (χ1n) is 18.7. The molecule has 11 nitrogen and oxygen atoms in total. The minimum absolute atomic E-state index is 0.0260. The number of carbonyl (C=O) groups is 3. The summed E-state index contributed by atoms with van der Waals surface area (Å²) in [5.74, 6) is -0.816. The lowest BCUT2D eigenvalue weighted by molar-refractivity contribution is -0.276. The number of nitrogens with zero attached hydrogens (tertiary/aromatic N) is 2. The summed E-state index contributed by atoms with van der Waals surface area (Å²) in [7, 11) is 0. The Morgan fingerprint density at radius 1 is 0.870 bits per heavy atom. The Hall–Kier alpha value is -4.91. The SMILES string of the molecule is C[C@@H]1[C@H](CN2CCC[C@H]2CO)O[C@H](c2ccc(-c3ccccc3CN3C(=O)CC(NC(=O)OCc4ccccc4)C3=O)cc2)O[C@@H]1c1ccc(CO)cc1. The number of aliphatic hydroxyl groups excluding tert-OH is 2. The van der Waals surface area contributed by atoms with E-state index in [1.54, 1.807) is 0 Å². The van der Waals surface area contributed by atoms with Crippen LogP contribution in [0.3, 0.4) is 0 Å². The standard InChI is InChI=1S/C43H47N3O8/c1-28-38(24-45-21-7-11-35(45)26-48)53-42(54-40(28)32-15-13-29(25-47)14-16-32)33-19-17-31(18-20-33)36-12-6-5-10-34(36)23-46-39(49)22-37(41(46)50)44-43(51)52-27-30-8-3-2-4-9-30/h2-6,8-10,12-20,28,35,37-38,40,42,47-48H,7,11,21-27H2,1H3,(H,44,51)/t28-,35+,37?,38+,40+,42+/m1/s1. The number of alkyl carbamates (subject to hydrolysis) is 1. The molecular weight excluding hydrogens is 686 g/mol. The Morgan fingerprint density at radius 2 is 1.59 bits per heavy atom. The molecule has 0 aromatic heterocycles. The molecule has 282 valence electrons. The van der Waals surface area contributed by atoms with Crippen molar-refractivity contribution in [2.24, 2.45) is 5.92 Å². The van der Waals surface area contributed by atoms with Crippen molar-refractivity contribution in [3.63, 3.8) is 0 Å². The van der Waals surface area contributed by atoms with Crippen molar-refractivity contribution in [3.8, 4) is 11.1 Å². The van der Waals surface area contributed by atoms with Crippen LogP contribution in [-0.4, -0.2) is 75.8 Å². The van der Waals surface area contributed by atoms with Gasteiger partial charge in [0.15, 0.2) is 6.29 Å². The molecule has 11 heteroatoms. The smallest absolute Gasteiger partial charge is 0.408 e. The molecule has 0 saturated carbocycles. The minimum Gasteiger partial charge on any atom is -0.445 e. The monoisotopic (exact) mass is 733 g/mol. The van der Waals surface area contributed by atoms with Gasteiger partial charge in [0.05, 0.1) is 38.4 Å². The van der Waals surface area contributed by atoms with E-state index in [9.17, 15) is 24.6 Å². The van der Waals surface area contributed by atoms with Crippen molar-refractivity contribution in [2.75, 3.05) is 19.7 Å². The van der Waals surface area contributed by atoms with E-state index < -0.39 is 24.3 Å². The Labute approximate surface area is 315 Å². The molecule has 0 spiro atoms. The highest BCUT2D eigenvalue weighted by Crippen LogP contribution is 2.42. The molecule has 3 heterocycles. The number of benzene rings is 4. The predicted octanol–water partition coefficient (Wildman–Crippen LogP) is 5.65. The first kappa shape index (κ1) is 37.4. The van der Waals surface area contributed by atoms with Gasteiger partial charge in [-0.2, -0.15) is 0 Å². The fraction of sp³-hybridized carbons (Fsp3) is 0.372. The minimum atomic E-state index is -0.995. The number of hydrogen-bond acceptors (Lipinski definition) is 9. The zero-order chi connectivity index (χ0) is 37.6. The van der Waals surface area contributed by atoms with Gasteiger partial charge < -0.3 is 29.7 Å². The summed E-state index contributed by atoms with van der Waals surface area (Å²) in [6.45, 7) is 3.95. The van der Waals surface area contributed by atoms with Crippen molar-refractivity contribution >= 4 is 17.9 Å². The molecule has 1 unspecified atom stereocenters. The van der Waals surface area contributed by atoms with Crippen LogP contribution < -0.4 is 5.32 Å². The summed E-state index contributed by atoms with van der Waals surface area (Å²) in [6, 6.07) is 31.8. The third-order valence-electron chi connectivity index (χ3n) is 10.8. The largest absolute Gasteiger partial charge is 0.445 e. The van der Waals surface area contributed by atoms with E-state index in [0.29, 0.717) is 6.54 Å². The molecule has 54 heavy (non-hydrogen) atoms. The maximum atomic E-state index is 13.3. The van der Waals surface area contributed by atoms with Gasteiger partial charge >= 0.3 is 6.09 Å². The number of rotatable bonds is 12. The lowest BCUT2D eigenvalue weighted by atomic mass is 9.89. The van der Waals surface area contributed by atoms with E-state index in [1.807, 2.05) is 103 Å². The van der Waals surface area contributed by atoms with Crippen molar-refractivity contribution in [3.05, 3.63) is 131 Å². The van der Waals surface area contributed by atoms with Gasteiger partial charge in [0, 0.05) is 24.1 Å². The van der Waals surface area contributed by atoms with Crippen LogP contribution in [0.15, 0.2) is 103 Å². The normalized spacial score (nSPS) is 24.5. The lowest BCUT2D eigenvalue weighted by Crippen LogP contribution is -2.46. The average Bonchev–Trinajstić information content (AvgIpc) is 3.77. The Bertz CT molecular complexity index is 1900. The van der Waals surface area contributed by atoms with Gasteiger partial charge in [0.25, 0.3) is 5.91 Å². The Kier molecular flexibility index (Phi) is 11.8. The van der Waals surface area contributed by atoms with Crippen molar-refractivity contribution in [1.29, 1.82) is 0 Å². The van der Waals surface area contributed by atoms with Crippen LogP contribution in [0.5, 0.6) is 0 Å². The Balaban J connectivity index is 1.05. The van der Waals surface area contributed by atoms with E-state index >= 15 is 0 Å². The number of nitrogens with one attached hydrogen (secondary N) is 1. The molecule has 6 atom stereocenters. The molecule has 4 aromatic carbocycles. The van der Waals surface area contributed by atoms with E-state index in [1.165, 1.54) is 4.90 Å². The highest BCUT2D eigenvalue weighted by Gasteiger charge is 2.41. The number of amides is 3. The van der Waals surface area contributed by atoms with Crippen molar-refractivity contribution < 1.29 is 38.8 Å². The van der Waals surface area contributed by atoms with E-state index in [4.69, 9.17) is 14.2 Å². The fourth-order valence-electron chi connectivity index (χ4n) is 7.70. The summed E-state index contributed by atoms with van der Waals surface area (Å²) in [6.07, 6.45) is 0.0702. The zero-order valence-electron chi connectivity index (χ0n) is 30.4. The van der Waals surface area contributed by atoms with E-state index in [0.717, 1.165) is 58.3 Å². The molecule has 0 aliphatic carbocycles. The first-order valence-corrected chi connectivity index (χ1v) is 18.7. The maximum Gasteiger partial charge on any atom is 0.408 e. The first-order chi connectivity index (χ1) is 26.3. The second kappa shape index (κ2) is 17.0. The molecule has 4 aromatic rings. The van der Waals surface area contributed by atoms with Crippen LogP contribution >= 0.6 is 0 Å².